The van der Waals surface area contributed by atoms with Gasteiger partial charge in [-0.1, -0.05) is 0 Å². The van der Waals surface area contributed by atoms with Gasteiger partial charge < -0.3 is 19.9 Å². The molecular formula is C10H10N2O4S. The fourth-order valence-electron chi connectivity index (χ4n) is 1.22. The fraction of sp³-hybridized carbons (Fsp3) is 0.200. The minimum atomic E-state index is -1.15. The smallest absolute Gasteiger partial charge is 0.357 e. The maximum absolute atomic E-state index is 10.5. The number of carbonyl (C=O) groups is 1. The Morgan fingerprint density at radius 2 is 2.47 bits per heavy atom. The van der Waals surface area contributed by atoms with Crippen LogP contribution in [-0.4, -0.2) is 27.7 Å². The molecule has 2 aromatic rings. The lowest BCUT2D eigenvalue weighted by Crippen LogP contribution is -2.11. The first kappa shape index (κ1) is 11.6. The van der Waals surface area contributed by atoms with Gasteiger partial charge in [-0.15, -0.1) is 0 Å². The maximum Gasteiger partial charge on any atom is 0.357 e. The summed E-state index contributed by atoms with van der Waals surface area (Å²) in [6, 6.07) is 1.89. The van der Waals surface area contributed by atoms with E-state index in [0.29, 0.717) is 0 Å². The highest BCUT2D eigenvalue weighted by molar-refractivity contribution is 7.07. The zero-order chi connectivity index (χ0) is 12.3. The molecule has 0 radical (unpaired) electrons. The molecule has 0 aliphatic rings. The van der Waals surface area contributed by atoms with Crippen molar-refractivity contribution in [1.29, 1.82) is 0 Å². The van der Waals surface area contributed by atoms with Crippen LogP contribution in [0.4, 0.5) is 6.01 Å². The quantitative estimate of drug-likeness (QED) is 0.749. The molecule has 0 bridgehead atoms. The van der Waals surface area contributed by atoms with Crippen LogP contribution in [0.2, 0.25) is 0 Å². The lowest BCUT2D eigenvalue weighted by Gasteiger charge is -2.08. The lowest BCUT2D eigenvalue weighted by atomic mass is 10.2. The molecule has 3 N–H and O–H groups in total. The van der Waals surface area contributed by atoms with Crippen molar-refractivity contribution < 1.29 is 19.4 Å². The largest absolute Gasteiger partial charge is 0.476 e. The monoisotopic (exact) mass is 254 g/mol. The minimum absolute atomic E-state index is 0.0803. The van der Waals surface area contributed by atoms with Gasteiger partial charge in [0.1, 0.15) is 6.26 Å². The number of hydrogen-bond donors (Lipinski definition) is 3. The lowest BCUT2D eigenvalue weighted by molar-refractivity contribution is 0.0690. The number of carboxylic acid groups (broad SMARTS) is 1. The Bertz CT molecular complexity index is 494. The van der Waals surface area contributed by atoms with Gasteiger partial charge in [0.05, 0.1) is 6.10 Å². The first-order valence-corrected chi connectivity index (χ1v) is 5.74. The number of nitrogens with zero attached hydrogens (tertiary/aromatic N) is 1. The molecule has 1 atom stereocenters. The Hall–Kier alpha value is -1.86. The number of aliphatic hydroxyl groups excluding tert-OH is 1. The number of hydrogen-bond acceptors (Lipinski definition) is 6. The van der Waals surface area contributed by atoms with E-state index in [4.69, 9.17) is 9.52 Å². The second kappa shape index (κ2) is 4.98. The van der Waals surface area contributed by atoms with E-state index in [0.717, 1.165) is 11.8 Å². The number of aromatic nitrogens is 1. The number of carboxylic acids is 1. The van der Waals surface area contributed by atoms with Gasteiger partial charge in [-0.3, -0.25) is 0 Å². The summed E-state index contributed by atoms with van der Waals surface area (Å²) in [5.41, 5.74) is 0.630. The number of anilines is 1. The first-order valence-electron chi connectivity index (χ1n) is 4.79. The van der Waals surface area contributed by atoms with Crippen LogP contribution in [-0.2, 0) is 0 Å². The van der Waals surface area contributed by atoms with E-state index in [1.54, 1.807) is 0 Å². The third-order valence-corrected chi connectivity index (χ3v) is 2.80. The van der Waals surface area contributed by atoms with Crippen molar-refractivity contribution >= 4 is 23.3 Å². The van der Waals surface area contributed by atoms with Gasteiger partial charge in [0.2, 0.25) is 0 Å². The number of thiophene rings is 1. The van der Waals surface area contributed by atoms with Crippen LogP contribution >= 0.6 is 11.3 Å². The average molecular weight is 254 g/mol. The van der Waals surface area contributed by atoms with E-state index in [1.165, 1.54) is 11.3 Å². The van der Waals surface area contributed by atoms with Crippen molar-refractivity contribution in [3.63, 3.8) is 0 Å². The van der Waals surface area contributed by atoms with Crippen molar-refractivity contribution in [2.24, 2.45) is 0 Å². The Labute approximate surface area is 101 Å². The van der Waals surface area contributed by atoms with Crippen molar-refractivity contribution in [2.75, 3.05) is 11.9 Å². The molecule has 7 heteroatoms. The van der Waals surface area contributed by atoms with E-state index >= 15 is 0 Å². The highest BCUT2D eigenvalue weighted by atomic mass is 32.1. The summed E-state index contributed by atoms with van der Waals surface area (Å²) >= 11 is 1.49. The molecule has 0 saturated heterocycles. The molecule has 0 spiro atoms. The molecule has 0 fully saturated rings. The number of aromatic carboxylic acids is 1. The second-order valence-corrected chi connectivity index (χ2v) is 4.08. The van der Waals surface area contributed by atoms with Crippen molar-refractivity contribution in [3.8, 4) is 0 Å². The fourth-order valence-corrected chi connectivity index (χ4v) is 1.93. The minimum Gasteiger partial charge on any atom is -0.476 e. The van der Waals surface area contributed by atoms with Gasteiger partial charge in [0, 0.05) is 6.54 Å². The normalized spacial score (nSPS) is 12.3. The molecule has 90 valence electrons. The highest BCUT2D eigenvalue weighted by Gasteiger charge is 2.12. The number of rotatable bonds is 5. The number of oxazole rings is 1. The molecule has 0 aromatic carbocycles. The van der Waals surface area contributed by atoms with E-state index in [9.17, 15) is 9.90 Å². The molecular weight excluding hydrogens is 244 g/mol. The third kappa shape index (κ3) is 2.83. The second-order valence-electron chi connectivity index (χ2n) is 3.30. The predicted octanol–water partition coefficient (Wildman–Crippen LogP) is 1.58. The zero-order valence-electron chi connectivity index (χ0n) is 8.66. The summed E-state index contributed by atoms with van der Waals surface area (Å²) in [7, 11) is 0. The Kier molecular flexibility index (Phi) is 3.40. The summed E-state index contributed by atoms with van der Waals surface area (Å²) in [5.74, 6) is -1.15. The van der Waals surface area contributed by atoms with E-state index in [2.05, 4.69) is 10.3 Å². The molecule has 6 nitrogen and oxygen atoms in total. The van der Waals surface area contributed by atoms with Crippen LogP contribution in [0, 0.1) is 0 Å². The van der Waals surface area contributed by atoms with E-state index in [1.807, 2.05) is 16.8 Å². The highest BCUT2D eigenvalue weighted by Crippen LogP contribution is 2.17. The van der Waals surface area contributed by atoms with Crippen molar-refractivity contribution in [2.45, 2.75) is 6.10 Å². The van der Waals surface area contributed by atoms with Gasteiger partial charge in [-0.05, 0) is 22.4 Å². The van der Waals surface area contributed by atoms with E-state index < -0.39 is 12.1 Å². The van der Waals surface area contributed by atoms with Crippen LogP contribution in [0.5, 0.6) is 0 Å². The summed E-state index contributed by atoms with van der Waals surface area (Å²) in [6.45, 7) is 0.205. The Morgan fingerprint density at radius 3 is 3.06 bits per heavy atom. The van der Waals surface area contributed by atoms with Gasteiger partial charge in [0.25, 0.3) is 6.01 Å². The molecule has 0 aliphatic carbocycles. The average Bonchev–Trinajstić information content (AvgIpc) is 2.97. The molecule has 2 rings (SSSR count). The molecule has 1 unspecified atom stereocenters. The van der Waals surface area contributed by atoms with E-state index in [-0.39, 0.29) is 18.3 Å². The zero-order valence-corrected chi connectivity index (χ0v) is 9.48. The summed E-state index contributed by atoms with van der Waals surface area (Å²) < 4.78 is 4.88. The first-order chi connectivity index (χ1) is 8.16. The molecule has 0 aliphatic heterocycles. The van der Waals surface area contributed by atoms with Crippen LogP contribution in [0.1, 0.15) is 22.2 Å². The van der Waals surface area contributed by atoms with Crippen LogP contribution in [0.25, 0.3) is 0 Å². The van der Waals surface area contributed by atoms with Crippen LogP contribution in [0.3, 0.4) is 0 Å². The predicted molar refractivity (Wildman–Crippen MR) is 61.2 cm³/mol. The molecule has 17 heavy (non-hydrogen) atoms. The van der Waals surface area contributed by atoms with Crippen molar-refractivity contribution in [1.82, 2.24) is 4.98 Å². The SMILES string of the molecule is O=C(O)c1coc(NCC(O)c2ccsc2)n1. The third-order valence-electron chi connectivity index (χ3n) is 2.10. The summed E-state index contributed by atoms with van der Waals surface area (Å²) in [4.78, 5) is 14.2. The maximum atomic E-state index is 10.5. The number of nitrogens with one attached hydrogen (secondary N) is 1. The molecule has 0 amide bonds. The van der Waals surface area contributed by atoms with Crippen molar-refractivity contribution in [3.05, 3.63) is 34.3 Å². The van der Waals surface area contributed by atoms with Crippen LogP contribution < -0.4 is 5.32 Å². The molecule has 2 heterocycles. The topological polar surface area (TPSA) is 95.6 Å². The van der Waals surface area contributed by atoms with Crippen LogP contribution in [0.15, 0.2) is 27.5 Å². The molecule has 2 aromatic heterocycles. The van der Waals surface area contributed by atoms with Gasteiger partial charge in [-0.2, -0.15) is 16.3 Å². The standard InChI is InChI=1S/C10H10N2O4S/c13-8(6-1-2-17-5-6)3-11-10-12-7(4-16-10)9(14)15/h1-2,4-5,8,13H,3H2,(H,11,12)(H,14,15). The summed E-state index contributed by atoms with van der Waals surface area (Å²) in [5, 5.41) is 24.8. The van der Waals surface area contributed by atoms with Gasteiger partial charge in [-0.25, -0.2) is 4.79 Å². The van der Waals surface area contributed by atoms with Gasteiger partial charge >= 0.3 is 5.97 Å². The number of aliphatic hydroxyl groups is 1. The Morgan fingerprint density at radius 1 is 1.65 bits per heavy atom. The van der Waals surface area contributed by atoms with Gasteiger partial charge in [0.15, 0.2) is 5.69 Å². The molecule has 0 saturated carbocycles. The Balaban J connectivity index is 1.91. The summed E-state index contributed by atoms with van der Waals surface area (Å²) in [6.07, 6.45) is 0.364.